The smallest absolute Gasteiger partial charge is 0.247 e. The van der Waals surface area contributed by atoms with E-state index >= 15 is 0 Å². The predicted octanol–water partition coefficient (Wildman–Crippen LogP) is 0.412. The van der Waals surface area contributed by atoms with Crippen LogP contribution in [-0.2, 0) is 14.8 Å². The van der Waals surface area contributed by atoms with Crippen LogP contribution in [0.2, 0.25) is 0 Å². The van der Waals surface area contributed by atoms with Crippen LogP contribution in [0.5, 0.6) is 0 Å². The average Bonchev–Trinajstić information content (AvgIpc) is 2.42. The Morgan fingerprint density at radius 3 is 2.86 bits per heavy atom. The molecule has 1 aliphatic rings. The Morgan fingerprint density at radius 1 is 1.48 bits per heavy atom. The molecule has 8 heteroatoms. The summed E-state index contributed by atoms with van der Waals surface area (Å²) in [5, 5.41) is 5.70. The van der Waals surface area contributed by atoms with Gasteiger partial charge < -0.3 is 10.6 Å². The van der Waals surface area contributed by atoms with Crippen molar-refractivity contribution in [3.05, 3.63) is 18.5 Å². The second kappa shape index (κ2) is 5.61. The quantitative estimate of drug-likeness (QED) is 0.840. The van der Waals surface area contributed by atoms with E-state index in [-0.39, 0.29) is 17.3 Å². The van der Waals surface area contributed by atoms with Crippen molar-refractivity contribution in [2.45, 2.75) is 31.2 Å². The lowest BCUT2D eigenvalue weighted by atomic mass is 10.0. The van der Waals surface area contributed by atoms with E-state index in [0.717, 1.165) is 0 Å². The number of piperazine rings is 1. The number of amides is 1. The Hall–Kier alpha value is -1.67. The third kappa shape index (κ3) is 2.73. The predicted molar refractivity (Wildman–Crippen MR) is 79.4 cm³/mol. The second-order valence-electron chi connectivity index (χ2n) is 5.29. The molecule has 1 aromatic heterocycles. The first-order valence-corrected chi connectivity index (χ1v) is 8.25. The number of carbonyl (C=O) groups is 1. The summed E-state index contributed by atoms with van der Waals surface area (Å²) in [5.41, 5.74) is -0.634. The van der Waals surface area contributed by atoms with Gasteiger partial charge in [0.2, 0.25) is 15.9 Å². The Labute approximate surface area is 124 Å². The second-order valence-corrected chi connectivity index (χ2v) is 7.12. The van der Waals surface area contributed by atoms with Gasteiger partial charge in [0.05, 0.1) is 5.69 Å². The van der Waals surface area contributed by atoms with E-state index in [1.54, 1.807) is 19.9 Å². The van der Waals surface area contributed by atoms with Crippen LogP contribution in [0.4, 0.5) is 5.69 Å². The SMILES string of the molecule is CCNc1ccncc1S(=O)(=O)N1CCNC(=O)C1(C)C. The monoisotopic (exact) mass is 312 g/mol. The zero-order valence-corrected chi connectivity index (χ0v) is 13.2. The molecule has 0 aliphatic carbocycles. The number of pyridine rings is 1. The molecule has 0 saturated carbocycles. The molecule has 2 N–H and O–H groups in total. The summed E-state index contributed by atoms with van der Waals surface area (Å²) in [6.07, 6.45) is 2.85. The van der Waals surface area contributed by atoms with Gasteiger partial charge >= 0.3 is 0 Å². The number of aromatic nitrogens is 1. The zero-order chi connectivity index (χ0) is 15.7. The maximum Gasteiger partial charge on any atom is 0.247 e. The van der Waals surface area contributed by atoms with E-state index in [1.807, 2.05) is 6.92 Å². The van der Waals surface area contributed by atoms with Crippen LogP contribution in [0.1, 0.15) is 20.8 Å². The molecular weight excluding hydrogens is 292 g/mol. The summed E-state index contributed by atoms with van der Waals surface area (Å²) in [4.78, 5) is 16.0. The van der Waals surface area contributed by atoms with Crippen molar-refractivity contribution in [3.8, 4) is 0 Å². The fraction of sp³-hybridized carbons (Fsp3) is 0.538. The first kappa shape index (κ1) is 15.7. The average molecular weight is 312 g/mol. The van der Waals surface area contributed by atoms with E-state index in [4.69, 9.17) is 0 Å². The number of rotatable bonds is 4. The van der Waals surface area contributed by atoms with Crippen LogP contribution >= 0.6 is 0 Å². The molecule has 21 heavy (non-hydrogen) atoms. The molecule has 0 bridgehead atoms. The van der Waals surface area contributed by atoms with E-state index in [0.29, 0.717) is 18.8 Å². The van der Waals surface area contributed by atoms with E-state index < -0.39 is 15.6 Å². The maximum atomic E-state index is 12.9. The number of anilines is 1. The number of sulfonamides is 1. The molecule has 2 heterocycles. The molecule has 0 aromatic carbocycles. The molecule has 1 amide bonds. The Bertz CT molecular complexity index is 643. The van der Waals surface area contributed by atoms with E-state index in [1.165, 1.54) is 16.7 Å². The maximum absolute atomic E-state index is 12.9. The molecule has 0 spiro atoms. The van der Waals surface area contributed by atoms with Gasteiger partial charge in [0.1, 0.15) is 10.4 Å². The van der Waals surface area contributed by atoms with Gasteiger partial charge in [-0.25, -0.2) is 8.42 Å². The first-order chi connectivity index (χ1) is 9.81. The van der Waals surface area contributed by atoms with Crippen LogP contribution in [-0.4, -0.2) is 48.8 Å². The van der Waals surface area contributed by atoms with Crippen molar-refractivity contribution in [3.63, 3.8) is 0 Å². The zero-order valence-electron chi connectivity index (χ0n) is 12.4. The highest BCUT2D eigenvalue weighted by Gasteiger charge is 2.45. The van der Waals surface area contributed by atoms with Crippen molar-refractivity contribution in [1.82, 2.24) is 14.6 Å². The van der Waals surface area contributed by atoms with Crippen molar-refractivity contribution >= 4 is 21.6 Å². The van der Waals surface area contributed by atoms with Gasteiger partial charge in [-0.1, -0.05) is 0 Å². The summed E-state index contributed by atoms with van der Waals surface area (Å²) < 4.78 is 27.1. The lowest BCUT2D eigenvalue weighted by Gasteiger charge is -2.40. The number of hydrogen-bond donors (Lipinski definition) is 2. The highest BCUT2D eigenvalue weighted by Crippen LogP contribution is 2.30. The Morgan fingerprint density at radius 2 is 2.19 bits per heavy atom. The van der Waals surface area contributed by atoms with Crippen molar-refractivity contribution < 1.29 is 13.2 Å². The van der Waals surface area contributed by atoms with Gasteiger partial charge in [-0.2, -0.15) is 4.31 Å². The molecule has 1 fully saturated rings. The number of carbonyl (C=O) groups excluding carboxylic acids is 1. The molecule has 0 unspecified atom stereocenters. The van der Waals surface area contributed by atoms with Crippen LogP contribution in [0.15, 0.2) is 23.4 Å². The lowest BCUT2D eigenvalue weighted by Crippen LogP contribution is -2.63. The van der Waals surface area contributed by atoms with Crippen molar-refractivity contribution in [1.29, 1.82) is 0 Å². The van der Waals surface area contributed by atoms with Gasteiger partial charge in [0, 0.05) is 32.0 Å². The summed E-state index contributed by atoms with van der Waals surface area (Å²) in [7, 11) is -3.81. The van der Waals surface area contributed by atoms with E-state index in [9.17, 15) is 13.2 Å². The lowest BCUT2D eigenvalue weighted by molar-refractivity contribution is -0.131. The largest absolute Gasteiger partial charge is 0.384 e. The number of nitrogens with zero attached hydrogens (tertiary/aromatic N) is 2. The van der Waals surface area contributed by atoms with Crippen LogP contribution in [0, 0.1) is 0 Å². The minimum atomic E-state index is -3.81. The van der Waals surface area contributed by atoms with Gasteiger partial charge in [-0.15, -0.1) is 0 Å². The fourth-order valence-corrected chi connectivity index (χ4v) is 4.21. The highest BCUT2D eigenvalue weighted by atomic mass is 32.2. The summed E-state index contributed by atoms with van der Waals surface area (Å²) >= 11 is 0. The molecule has 1 saturated heterocycles. The molecule has 116 valence electrons. The normalized spacial score (nSPS) is 19.1. The highest BCUT2D eigenvalue weighted by molar-refractivity contribution is 7.89. The van der Waals surface area contributed by atoms with Crippen LogP contribution in [0.25, 0.3) is 0 Å². The third-order valence-corrected chi connectivity index (χ3v) is 5.60. The molecular formula is C13H20N4O3S. The molecule has 1 aromatic rings. The topological polar surface area (TPSA) is 91.4 Å². The number of hydrogen-bond acceptors (Lipinski definition) is 5. The van der Waals surface area contributed by atoms with E-state index in [2.05, 4.69) is 15.6 Å². The minimum absolute atomic E-state index is 0.0922. The molecule has 7 nitrogen and oxygen atoms in total. The van der Waals surface area contributed by atoms with Gasteiger partial charge in [0.25, 0.3) is 0 Å². The molecule has 0 atom stereocenters. The summed E-state index contributed by atoms with van der Waals surface area (Å²) in [6.45, 7) is 6.22. The first-order valence-electron chi connectivity index (χ1n) is 6.81. The van der Waals surface area contributed by atoms with Gasteiger partial charge in [0.15, 0.2) is 0 Å². The van der Waals surface area contributed by atoms with Crippen LogP contribution < -0.4 is 10.6 Å². The third-order valence-electron chi connectivity index (χ3n) is 3.50. The summed E-state index contributed by atoms with van der Waals surface area (Å²) in [6, 6.07) is 1.62. The standard InChI is InChI=1S/C13H20N4O3S/c1-4-15-10-5-6-14-9-11(10)21(19,20)17-8-7-16-12(18)13(17,2)3/h5-6,9H,4,7-8H2,1-3H3,(H,14,15)(H,16,18). The van der Waals surface area contributed by atoms with Gasteiger partial charge in [-0.3, -0.25) is 9.78 Å². The number of nitrogens with one attached hydrogen (secondary N) is 2. The molecule has 2 rings (SSSR count). The fourth-order valence-electron chi connectivity index (χ4n) is 2.34. The van der Waals surface area contributed by atoms with Gasteiger partial charge in [-0.05, 0) is 26.8 Å². The summed E-state index contributed by atoms with van der Waals surface area (Å²) in [5.74, 6) is -0.300. The Balaban J connectivity index is 2.49. The Kier molecular flexibility index (Phi) is 4.20. The van der Waals surface area contributed by atoms with Crippen molar-refractivity contribution in [2.24, 2.45) is 0 Å². The molecule has 0 radical (unpaired) electrons. The minimum Gasteiger partial charge on any atom is -0.384 e. The van der Waals surface area contributed by atoms with Crippen molar-refractivity contribution in [2.75, 3.05) is 25.0 Å². The molecule has 1 aliphatic heterocycles. The van der Waals surface area contributed by atoms with Crippen LogP contribution in [0.3, 0.4) is 0 Å².